The molecule has 0 aromatic carbocycles. The summed E-state index contributed by atoms with van der Waals surface area (Å²) in [6, 6.07) is 0. The van der Waals surface area contributed by atoms with Gasteiger partial charge in [-0.15, -0.1) is 0 Å². The van der Waals surface area contributed by atoms with Crippen molar-refractivity contribution in [2.75, 3.05) is 13.1 Å². The number of carbonyl (C=O) groups is 1. The standard InChI is InChI=1S/C10H17NO3/c12-8-5-10(6-8,9(13)14)7-1-3-11-4-2-7/h7-8,11-12H,1-6H2,(H,13,14). The van der Waals surface area contributed by atoms with Crippen molar-refractivity contribution in [3.8, 4) is 0 Å². The maximum absolute atomic E-state index is 11.2. The summed E-state index contributed by atoms with van der Waals surface area (Å²) in [4.78, 5) is 11.2. The van der Waals surface area contributed by atoms with Crippen LogP contribution in [0.2, 0.25) is 0 Å². The third kappa shape index (κ3) is 1.42. The van der Waals surface area contributed by atoms with Gasteiger partial charge in [-0.3, -0.25) is 4.79 Å². The Morgan fingerprint density at radius 2 is 1.86 bits per heavy atom. The van der Waals surface area contributed by atoms with E-state index in [0.717, 1.165) is 25.9 Å². The highest BCUT2D eigenvalue weighted by Crippen LogP contribution is 2.50. The number of piperidine rings is 1. The molecule has 0 aromatic rings. The third-order valence-corrected chi connectivity index (χ3v) is 3.75. The molecule has 0 aromatic heterocycles. The number of carboxylic acid groups (broad SMARTS) is 1. The van der Waals surface area contributed by atoms with E-state index in [4.69, 9.17) is 0 Å². The van der Waals surface area contributed by atoms with Crippen LogP contribution < -0.4 is 5.32 Å². The predicted molar refractivity (Wildman–Crippen MR) is 50.9 cm³/mol. The van der Waals surface area contributed by atoms with Gasteiger partial charge in [0.1, 0.15) is 0 Å². The summed E-state index contributed by atoms with van der Waals surface area (Å²) in [6.45, 7) is 1.82. The largest absolute Gasteiger partial charge is 0.481 e. The summed E-state index contributed by atoms with van der Waals surface area (Å²) < 4.78 is 0. The van der Waals surface area contributed by atoms with Gasteiger partial charge < -0.3 is 15.5 Å². The summed E-state index contributed by atoms with van der Waals surface area (Å²) in [5.74, 6) is -0.459. The fourth-order valence-corrected chi connectivity index (χ4v) is 2.84. The molecule has 0 amide bonds. The zero-order chi connectivity index (χ0) is 10.2. The second-order valence-corrected chi connectivity index (χ2v) is 4.55. The maximum atomic E-state index is 11.2. The summed E-state index contributed by atoms with van der Waals surface area (Å²) in [5, 5.41) is 21.7. The van der Waals surface area contributed by atoms with Gasteiger partial charge in [-0.2, -0.15) is 0 Å². The first-order valence-corrected chi connectivity index (χ1v) is 5.27. The molecular weight excluding hydrogens is 182 g/mol. The molecule has 2 fully saturated rings. The minimum atomic E-state index is -0.713. The number of rotatable bonds is 2. The van der Waals surface area contributed by atoms with Gasteiger partial charge in [-0.25, -0.2) is 0 Å². The monoisotopic (exact) mass is 199 g/mol. The van der Waals surface area contributed by atoms with Crippen LogP contribution >= 0.6 is 0 Å². The second kappa shape index (κ2) is 3.51. The van der Waals surface area contributed by atoms with Crippen molar-refractivity contribution in [1.29, 1.82) is 0 Å². The number of carboxylic acids is 1. The van der Waals surface area contributed by atoms with Gasteiger partial charge in [0.05, 0.1) is 11.5 Å². The fourth-order valence-electron chi connectivity index (χ4n) is 2.84. The summed E-state index contributed by atoms with van der Waals surface area (Å²) in [5.41, 5.74) is -0.610. The average Bonchev–Trinajstić information content (AvgIpc) is 2.13. The van der Waals surface area contributed by atoms with Gasteiger partial charge in [0.15, 0.2) is 0 Å². The first kappa shape index (κ1) is 9.93. The van der Waals surface area contributed by atoms with Crippen molar-refractivity contribution in [3.05, 3.63) is 0 Å². The molecule has 0 unspecified atom stereocenters. The Bertz CT molecular complexity index is 230. The first-order chi connectivity index (χ1) is 6.65. The Balaban J connectivity index is 2.07. The van der Waals surface area contributed by atoms with E-state index in [-0.39, 0.29) is 12.0 Å². The normalized spacial score (nSPS) is 39.1. The van der Waals surface area contributed by atoms with Crippen molar-refractivity contribution < 1.29 is 15.0 Å². The fraction of sp³-hybridized carbons (Fsp3) is 0.900. The zero-order valence-corrected chi connectivity index (χ0v) is 8.20. The molecule has 0 atom stereocenters. The highest BCUT2D eigenvalue weighted by atomic mass is 16.4. The minimum absolute atomic E-state index is 0.254. The number of aliphatic carboxylic acids is 1. The molecule has 4 heteroatoms. The average molecular weight is 199 g/mol. The third-order valence-electron chi connectivity index (χ3n) is 3.75. The van der Waals surface area contributed by atoms with E-state index < -0.39 is 11.4 Å². The molecular formula is C10H17NO3. The van der Waals surface area contributed by atoms with E-state index in [2.05, 4.69) is 5.32 Å². The molecule has 14 heavy (non-hydrogen) atoms. The summed E-state index contributed by atoms with van der Waals surface area (Å²) in [6.07, 6.45) is 2.37. The van der Waals surface area contributed by atoms with Crippen molar-refractivity contribution in [3.63, 3.8) is 0 Å². The van der Waals surface area contributed by atoms with Crippen LogP contribution in [0.1, 0.15) is 25.7 Å². The molecule has 1 aliphatic carbocycles. The minimum Gasteiger partial charge on any atom is -0.481 e. The lowest BCUT2D eigenvalue weighted by Crippen LogP contribution is -2.54. The number of hydrogen-bond acceptors (Lipinski definition) is 3. The van der Waals surface area contributed by atoms with Crippen LogP contribution in [0.4, 0.5) is 0 Å². The second-order valence-electron chi connectivity index (χ2n) is 4.55. The van der Waals surface area contributed by atoms with Crippen LogP contribution in [0.25, 0.3) is 0 Å². The number of hydrogen-bond donors (Lipinski definition) is 3. The van der Waals surface area contributed by atoms with Gasteiger partial charge in [0, 0.05) is 0 Å². The maximum Gasteiger partial charge on any atom is 0.310 e. The van der Waals surface area contributed by atoms with Crippen molar-refractivity contribution >= 4 is 5.97 Å². The van der Waals surface area contributed by atoms with Crippen LogP contribution in [0.15, 0.2) is 0 Å². The molecule has 0 spiro atoms. The number of aliphatic hydroxyl groups is 1. The first-order valence-electron chi connectivity index (χ1n) is 5.27. The SMILES string of the molecule is O=C(O)C1(C2CCNCC2)CC(O)C1. The van der Waals surface area contributed by atoms with E-state index in [1.165, 1.54) is 0 Å². The van der Waals surface area contributed by atoms with E-state index in [1.54, 1.807) is 0 Å². The van der Waals surface area contributed by atoms with Crippen molar-refractivity contribution in [2.24, 2.45) is 11.3 Å². The molecule has 4 nitrogen and oxygen atoms in total. The van der Waals surface area contributed by atoms with Crippen LogP contribution in [0, 0.1) is 11.3 Å². The number of nitrogens with one attached hydrogen (secondary N) is 1. The summed E-state index contributed by atoms with van der Waals surface area (Å²) >= 11 is 0. The van der Waals surface area contributed by atoms with Gasteiger partial charge in [0.25, 0.3) is 0 Å². The lowest BCUT2D eigenvalue weighted by atomic mass is 9.57. The molecule has 3 N–H and O–H groups in total. The topological polar surface area (TPSA) is 69.6 Å². The molecule has 0 radical (unpaired) electrons. The van der Waals surface area contributed by atoms with Gasteiger partial charge in [0.2, 0.25) is 0 Å². The smallest absolute Gasteiger partial charge is 0.310 e. The van der Waals surface area contributed by atoms with E-state index in [1.807, 2.05) is 0 Å². The Labute approximate surface area is 83.3 Å². The lowest BCUT2D eigenvalue weighted by Gasteiger charge is -2.48. The van der Waals surface area contributed by atoms with Crippen LogP contribution in [-0.4, -0.2) is 35.4 Å². The van der Waals surface area contributed by atoms with E-state index >= 15 is 0 Å². The molecule has 80 valence electrons. The molecule has 1 aliphatic heterocycles. The van der Waals surface area contributed by atoms with Crippen molar-refractivity contribution in [2.45, 2.75) is 31.8 Å². The van der Waals surface area contributed by atoms with Crippen molar-refractivity contribution in [1.82, 2.24) is 5.32 Å². The summed E-state index contributed by atoms with van der Waals surface area (Å²) in [7, 11) is 0. The molecule has 2 rings (SSSR count). The highest BCUT2D eigenvalue weighted by molar-refractivity contribution is 5.76. The lowest BCUT2D eigenvalue weighted by molar-refractivity contribution is -0.172. The molecule has 1 saturated heterocycles. The highest BCUT2D eigenvalue weighted by Gasteiger charge is 2.54. The van der Waals surface area contributed by atoms with Gasteiger partial charge >= 0.3 is 5.97 Å². The Morgan fingerprint density at radius 1 is 1.29 bits per heavy atom. The molecule has 2 aliphatic rings. The van der Waals surface area contributed by atoms with Gasteiger partial charge in [-0.1, -0.05) is 0 Å². The Hall–Kier alpha value is -0.610. The molecule has 1 heterocycles. The van der Waals surface area contributed by atoms with Gasteiger partial charge in [-0.05, 0) is 44.7 Å². The molecule has 0 bridgehead atoms. The Morgan fingerprint density at radius 3 is 2.29 bits per heavy atom. The predicted octanol–water partition coefficient (Wildman–Crippen LogP) is 0.212. The van der Waals surface area contributed by atoms with E-state index in [0.29, 0.717) is 12.8 Å². The Kier molecular flexibility index (Phi) is 2.49. The van der Waals surface area contributed by atoms with Crippen LogP contribution in [0.5, 0.6) is 0 Å². The zero-order valence-electron chi connectivity index (χ0n) is 8.20. The van der Waals surface area contributed by atoms with Crippen LogP contribution in [-0.2, 0) is 4.79 Å². The quantitative estimate of drug-likeness (QED) is 0.594. The van der Waals surface area contributed by atoms with E-state index in [9.17, 15) is 15.0 Å². The number of aliphatic hydroxyl groups excluding tert-OH is 1. The molecule has 1 saturated carbocycles. The van der Waals surface area contributed by atoms with Crippen LogP contribution in [0.3, 0.4) is 0 Å².